The summed E-state index contributed by atoms with van der Waals surface area (Å²) in [6.45, 7) is 0. The summed E-state index contributed by atoms with van der Waals surface area (Å²) in [7, 11) is -1.54. The van der Waals surface area contributed by atoms with E-state index in [1.54, 1.807) is 24.4 Å². The van der Waals surface area contributed by atoms with Crippen molar-refractivity contribution >= 4 is 29.5 Å². The monoisotopic (exact) mass is 219 g/mol. The number of nitrogens with one attached hydrogen (secondary N) is 1. The standard InChI is InChI=1S/C10H10BNO4/c13-10(14)3-6-5-12-9-2-1-7(11(15)16)4-8(6)9/h1-2,4-5,12,15-16H,3H2,(H,13,14). The van der Waals surface area contributed by atoms with Crippen molar-refractivity contribution < 1.29 is 19.9 Å². The molecule has 0 fully saturated rings. The third-order valence-corrected chi connectivity index (χ3v) is 2.43. The number of rotatable bonds is 3. The second-order valence-electron chi connectivity index (χ2n) is 3.56. The van der Waals surface area contributed by atoms with Crippen LogP contribution in [-0.2, 0) is 11.2 Å². The highest BCUT2D eigenvalue weighted by Gasteiger charge is 2.13. The molecule has 0 saturated carbocycles. The summed E-state index contributed by atoms with van der Waals surface area (Å²) in [4.78, 5) is 13.5. The lowest BCUT2D eigenvalue weighted by Gasteiger charge is -2.00. The number of aromatic amines is 1. The number of carboxylic acid groups (broad SMARTS) is 1. The Hall–Kier alpha value is -1.79. The van der Waals surface area contributed by atoms with Crippen LogP contribution in [0.15, 0.2) is 24.4 Å². The number of aromatic nitrogens is 1. The van der Waals surface area contributed by atoms with Gasteiger partial charge in [-0.2, -0.15) is 0 Å². The Morgan fingerprint density at radius 3 is 2.75 bits per heavy atom. The zero-order chi connectivity index (χ0) is 11.7. The van der Waals surface area contributed by atoms with Crippen LogP contribution in [0.3, 0.4) is 0 Å². The molecule has 0 spiro atoms. The van der Waals surface area contributed by atoms with E-state index in [1.807, 2.05) is 0 Å². The molecule has 0 unspecified atom stereocenters. The van der Waals surface area contributed by atoms with Crippen molar-refractivity contribution in [1.82, 2.24) is 4.98 Å². The van der Waals surface area contributed by atoms with E-state index in [-0.39, 0.29) is 6.42 Å². The van der Waals surface area contributed by atoms with E-state index in [9.17, 15) is 4.79 Å². The summed E-state index contributed by atoms with van der Waals surface area (Å²) in [5.41, 5.74) is 1.75. The van der Waals surface area contributed by atoms with Crippen molar-refractivity contribution in [2.24, 2.45) is 0 Å². The van der Waals surface area contributed by atoms with Gasteiger partial charge in [-0.25, -0.2) is 0 Å². The van der Waals surface area contributed by atoms with Crippen LogP contribution in [0.2, 0.25) is 0 Å². The van der Waals surface area contributed by atoms with Gasteiger partial charge in [-0.1, -0.05) is 12.1 Å². The molecule has 6 heteroatoms. The van der Waals surface area contributed by atoms with Gasteiger partial charge in [0.25, 0.3) is 0 Å². The summed E-state index contributed by atoms with van der Waals surface area (Å²) >= 11 is 0. The van der Waals surface area contributed by atoms with E-state index in [0.29, 0.717) is 16.4 Å². The first-order chi connectivity index (χ1) is 7.58. The Morgan fingerprint density at radius 1 is 1.38 bits per heavy atom. The molecule has 2 aromatic rings. The number of carboxylic acids is 1. The zero-order valence-corrected chi connectivity index (χ0v) is 8.34. The van der Waals surface area contributed by atoms with Crippen molar-refractivity contribution in [2.45, 2.75) is 6.42 Å². The average Bonchev–Trinajstić information content (AvgIpc) is 2.60. The van der Waals surface area contributed by atoms with Gasteiger partial charge >= 0.3 is 13.1 Å². The van der Waals surface area contributed by atoms with Gasteiger partial charge in [0.15, 0.2) is 0 Å². The maximum atomic E-state index is 10.6. The second kappa shape index (κ2) is 4.00. The molecule has 1 aromatic carbocycles. The third-order valence-electron chi connectivity index (χ3n) is 2.43. The van der Waals surface area contributed by atoms with E-state index < -0.39 is 13.1 Å². The number of fused-ring (bicyclic) bond motifs is 1. The molecule has 0 aliphatic carbocycles. The SMILES string of the molecule is O=C(O)Cc1c[nH]c2ccc(B(O)O)cc12. The van der Waals surface area contributed by atoms with Crippen LogP contribution >= 0.6 is 0 Å². The molecule has 0 aliphatic rings. The highest BCUT2D eigenvalue weighted by molar-refractivity contribution is 6.58. The predicted octanol–water partition coefficient (Wildman–Crippen LogP) is -0.525. The molecule has 2 rings (SSSR count). The number of benzene rings is 1. The molecule has 4 N–H and O–H groups in total. The fraction of sp³-hybridized carbons (Fsp3) is 0.100. The highest BCUT2D eigenvalue weighted by atomic mass is 16.4. The topological polar surface area (TPSA) is 93.5 Å². The van der Waals surface area contributed by atoms with Gasteiger partial charge in [-0.15, -0.1) is 0 Å². The van der Waals surface area contributed by atoms with E-state index in [1.165, 1.54) is 0 Å². The fourth-order valence-corrected chi connectivity index (χ4v) is 1.67. The number of H-pyrrole nitrogens is 1. The normalized spacial score (nSPS) is 10.6. The number of hydrogen-bond acceptors (Lipinski definition) is 3. The van der Waals surface area contributed by atoms with Gasteiger partial charge in [0.1, 0.15) is 0 Å². The fourth-order valence-electron chi connectivity index (χ4n) is 1.67. The number of aliphatic carboxylic acids is 1. The Balaban J connectivity index is 2.51. The van der Waals surface area contributed by atoms with E-state index >= 15 is 0 Å². The van der Waals surface area contributed by atoms with Crippen molar-refractivity contribution in [3.8, 4) is 0 Å². The molecule has 16 heavy (non-hydrogen) atoms. The predicted molar refractivity (Wildman–Crippen MR) is 59.5 cm³/mol. The number of carbonyl (C=O) groups is 1. The molecule has 0 radical (unpaired) electrons. The van der Waals surface area contributed by atoms with Gasteiger partial charge in [0, 0.05) is 17.1 Å². The van der Waals surface area contributed by atoms with Crippen molar-refractivity contribution in [3.63, 3.8) is 0 Å². The van der Waals surface area contributed by atoms with E-state index in [4.69, 9.17) is 15.2 Å². The van der Waals surface area contributed by atoms with Gasteiger partial charge in [0.05, 0.1) is 6.42 Å². The number of hydrogen-bond donors (Lipinski definition) is 4. The molecule has 1 aromatic heterocycles. The minimum Gasteiger partial charge on any atom is -0.481 e. The van der Waals surface area contributed by atoms with Crippen LogP contribution in [0.4, 0.5) is 0 Å². The van der Waals surface area contributed by atoms with Gasteiger partial charge in [-0.05, 0) is 17.1 Å². The average molecular weight is 219 g/mol. The molecular formula is C10H10BNO4. The maximum absolute atomic E-state index is 10.6. The summed E-state index contributed by atoms with van der Waals surface area (Å²) in [6.07, 6.45) is 1.53. The van der Waals surface area contributed by atoms with Crippen LogP contribution in [-0.4, -0.2) is 33.2 Å². The summed E-state index contributed by atoms with van der Waals surface area (Å²) in [5.74, 6) is -0.921. The van der Waals surface area contributed by atoms with Gasteiger partial charge in [-0.3, -0.25) is 4.79 Å². The highest BCUT2D eigenvalue weighted by Crippen LogP contribution is 2.17. The van der Waals surface area contributed by atoms with Crippen LogP contribution in [0.1, 0.15) is 5.56 Å². The van der Waals surface area contributed by atoms with Crippen LogP contribution in [0, 0.1) is 0 Å². The Bertz CT molecular complexity index is 535. The largest absolute Gasteiger partial charge is 0.488 e. The lowest BCUT2D eigenvalue weighted by Crippen LogP contribution is -2.29. The van der Waals surface area contributed by atoms with Crippen molar-refractivity contribution in [2.75, 3.05) is 0 Å². The lowest BCUT2D eigenvalue weighted by atomic mass is 9.79. The Labute approximate surface area is 91.5 Å². The lowest BCUT2D eigenvalue weighted by molar-refractivity contribution is -0.136. The smallest absolute Gasteiger partial charge is 0.481 e. The van der Waals surface area contributed by atoms with Gasteiger partial charge in [0.2, 0.25) is 0 Å². The molecule has 82 valence electrons. The van der Waals surface area contributed by atoms with E-state index in [2.05, 4.69) is 4.98 Å². The molecule has 0 aliphatic heterocycles. The minimum atomic E-state index is -1.54. The van der Waals surface area contributed by atoms with Crippen molar-refractivity contribution in [3.05, 3.63) is 30.0 Å². The first-order valence-corrected chi connectivity index (χ1v) is 4.76. The Morgan fingerprint density at radius 2 is 2.12 bits per heavy atom. The zero-order valence-electron chi connectivity index (χ0n) is 8.34. The van der Waals surface area contributed by atoms with Crippen molar-refractivity contribution in [1.29, 1.82) is 0 Å². The third kappa shape index (κ3) is 1.93. The maximum Gasteiger partial charge on any atom is 0.488 e. The summed E-state index contributed by atoms with van der Waals surface area (Å²) in [5, 5.41) is 27.5. The van der Waals surface area contributed by atoms with Gasteiger partial charge < -0.3 is 20.1 Å². The summed E-state index contributed by atoms with van der Waals surface area (Å²) < 4.78 is 0. The van der Waals surface area contributed by atoms with Crippen LogP contribution in [0.25, 0.3) is 10.9 Å². The first kappa shape index (κ1) is 10.7. The first-order valence-electron chi connectivity index (χ1n) is 4.76. The van der Waals surface area contributed by atoms with E-state index in [0.717, 1.165) is 5.52 Å². The quantitative estimate of drug-likeness (QED) is 0.522. The molecule has 0 amide bonds. The Kier molecular flexibility index (Phi) is 2.68. The van der Waals surface area contributed by atoms with Crippen LogP contribution < -0.4 is 5.46 Å². The van der Waals surface area contributed by atoms with Crippen LogP contribution in [0.5, 0.6) is 0 Å². The molecule has 1 heterocycles. The molecule has 0 bridgehead atoms. The molecular weight excluding hydrogens is 209 g/mol. The molecule has 0 saturated heterocycles. The summed E-state index contributed by atoms with van der Waals surface area (Å²) in [6, 6.07) is 4.85. The molecule has 5 nitrogen and oxygen atoms in total. The minimum absolute atomic E-state index is 0.0923. The second-order valence-corrected chi connectivity index (χ2v) is 3.56. The molecule has 0 atom stereocenters.